The minimum Gasteiger partial charge on any atom is -0.493 e. The van der Waals surface area contributed by atoms with Gasteiger partial charge in [0.1, 0.15) is 12.4 Å². The molecule has 1 heterocycles. The van der Waals surface area contributed by atoms with Crippen LogP contribution in [0.2, 0.25) is 0 Å². The van der Waals surface area contributed by atoms with Crippen molar-refractivity contribution in [1.82, 2.24) is 4.98 Å². The number of benzene rings is 1. The second-order valence-corrected chi connectivity index (χ2v) is 4.51. The zero-order valence-corrected chi connectivity index (χ0v) is 10.6. The molecule has 3 nitrogen and oxygen atoms in total. The van der Waals surface area contributed by atoms with Gasteiger partial charge in [-0.25, -0.2) is 4.98 Å². The molecule has 3 heteroatoms. The molecule has 1 N–H and O–H groups in total. The molecule has 2 rings (SSSR count). The van der Waals surface area contributed by atoms with Crippen LogP contribution in [-0.4, -0.2) is 10.1 Å². The summed E-state index contributed by atoms with van der Waals surface area (Å²) in [6.07, 6.45) is 1.67. The van der Waals surface area contributed by atoms with E-state index in [-0.39, 0.29) is 5.88 Å². The molecule has 94 valence electrons. The van der Waals surface area contributed by atoms with Gasteiger partial charge in [-0.3, -0.25) is 0 Å². The molecule has 0 fully saturated rings. The minimum absolute atomic E-state index is 0.0116. The Labute approximate surface area is 107 Å². The molecule has 2 aromatic rings. The zero-order chi connectivity index (χ0) is 13.0. The van der Waals surface area contributed by atoms with E-state index >= 15 is 0 Å². The molecule has 0 unspecified atom stereocenters. The van der Waals surface area contributed by atoms with Crippen molar-refractivity contribution in [3.63, 3.8) is 0 Å². The van der Waals surface area contributed by atoms with Gasteiger partial charge in [0.2, 0.25) is 5.88 Å². The first kappa shape index (κ1) is 12.4. The predicted molar refractivity (Wildman–Crippen MR) is 70.8 cm³/mol. The monoisotopic (exact) mass is 243 g/mol. The highest BCUT2D eigenvalue weighted by Gasteiger charge is 2.10. The highest BCUT2D eigenvalue weighted by atomic mass is 16.5. The van der Waals surface area contributed by atoms with E-state index < -0.39 is 0 Å². The Morgan fingerprint density at radius 2 is 1.94 bits per heavy atom. The third kappa shape index (κ3) is 3.00. The van der Waals surface area contributed by atoms with Gasteiger partial charge in [0.15, 0.2) is 0 Å². The fraction of sp³-hybridized carbons (Fsp3) is 0.267. The quantitative estimate of drug-likeness (QED) is 0.893. The first-order valence-corrected chi connectivity index (χ1v) is 6.02. The smallest absolute Gasteiger partial charge is 0.214 e. The summed E-state index contributed by atoms with van der Waals surface area (Å²) in [5.74, 6) is 0.993. The Morgan fingerprint density at radius 1 is 1.22 bits per heavy atom. The van der Waals surface area contributed by atoms with Gasteiger partial charge < -0.3 is 9.84 Å². The molecular weight excluding hydrogens is 226 g/mol. The summed E-state index contributed by atoms with van der Waals surface area (Å²) in [6, 6.07) is 11.5. The predicted octanol–water partition coefficient (Wildman–Crippen LogP) is 3.49. The molecule has 0 spiro atoms. The van der Waals surface area contributed by atoms with Crippen molar-refractivity contribution in [3.8, 4) is 11.6 Å². The van der Waals surface area contributed by atoms with E-state index in [1.165, 1.54) is 0 Å². The molecule has 0 aliphatic heterocycles. The summed E-state index contributed by atoms with van der Waals surface area (Å²) in [5.41, 5.74) is 2.10. The van der Waals surface area contributed by atoms with Gasteiger partial charge in [0.05, 0.1) is 0 Å². The van der Waals surface area contributed by atoms with Crippen molar-refractivity contribution in [2.45, 2.75) is 26.4 Å². The van der Waals surface area contributed by atoms with Gasteiger partial charge >= 0.3 is 0 Å². The van der Waals surface area contributed by atoms with E-state index in [1.807, 2.05) is 30.3 Å². The molecule has 18 heavy (non-hydrogen) atoms. The maximum atomic E-state index is 9.43. The summed E-state index contributed by atoms with van der Waals surface area (Å²) in [5, 5.41) is 9.43. The van der Waals surface area contributed by atoms with Crippen LogP contribution in [-0.2, 0) is 6.61 Å². The largest absolute Gasteiger partial charge is 0.493 e. The van der Waals surface area contributed by atoms with Crippen LogP contribution in [0.15, 0.2) is 42.6 Å². The van der Waals surface area contributed by atoms with Crippen molar-refractivity contribution >= 4 is 0 Å². The van der Waals surface area contributed by atoms with Crippen LogP contribution >= 0.6 is 0 Å². The molecule has 0 bridgehead atoms. The van der Waals surface area contributed by atoms with Crippen LogP contribution in [0.1, 0.15) is 30.9 Å². The second kappa shape index (κ2) is 5.54. The van der Waals surface area contributed by atoms with Crippen molar-refractivity contribution in [2.24, 2.45) is 0 Å². The average molecular weight is 243 g/mol. The summed E-state index contributed by atoms with van der Waals surface area (Å²) >= 11 is 0. The van der Waals surface area contributed by atoms with Gasteiger partial charge in [0, 0.05) is 17.8 Å². The van der Waals surface area contributed by atoms with Crippen LogP contribution in [0.3, 0.4) is 0 Å². The zero-order valence-electron chi connectivity index (χ0n) is 10.6. The molecule has 0 atom stereocenters. The van der Waals surface area contributed by atoms with Crippen LogP contribution in [0.25, 0.3) is 0 Å². The van der Waals surface area contributed by atoms with Crippen LogP contribution < -0.4 is 4.74 Å². The highest BCUT2D eigenvalue weighted by Crippen LogP contribution is 2.28. The molecule has 0 saturated heterocycles. The lowest BCUT2D eigenvalue weighted by Crippen LogP contribution is -2.00. The molecule has 0 saturated carbocycles. The van der Waals surface area contributed by atoms with Gasteiger partial charge in [-0.2, -0.15) is 0 Å². The SMILES string of the molecule is CC(C)c1cnc(O)cc1OCc1ccccc1. The van der Waals surface area contributed by atoms with Crippen molar-refractivity contribution in [2.75, 3.05) is 0 Å². The lowest BCUT2D eigenvalue weighted by atomic mass is 10.0. The van der Waals surface area contributed by atoms with E-state index in [0.29, 0.717) is 18.3 Å². The molecule has 1 aromatic heterocycles. The molecular formula is C15H17NO2. The lowest BCUT2D eigenvalue weighted by molar-refractivity contribution is 0.298. The number of pyridine rings is 1. The number of aromatic nitrogens is 1. The second-order valence-electron chi connectivity index (χ2n) is 4.51. The Morgan fingerprint density at radius 3 is 2.61 bits per heavy atom. The number of ether oxygens (including phenoxy) is 1. The number of aromatic hydroxyl groups is 1. The standard InChI is InChI=1S/C15H17NO2/c1-11(2)13-9-16-15(17)8-14(13)18-10-12-6-4-3-5-7-12/h3-9,11H,10H2,1-2H3,(H,16,17). The van der Waals surface area contributed by atoms with E-state index in [9.17, 15) is 5.11 Å². The maximum absolute atomic E-state index is 9.43. The molecule has 0 radical (unpaired) electrons. The van der Waals surface area contributed by atoms with E-state index in [0.717, 1.165) is 11.1 Å². The fourth-order valence-electron chi connectivity index (χ4n) is 1.73. The third-order valence-electron chi connectivity index (χ3n) is 2.74. The number of hydrogen-bond donors (Lipinski definition) is 1. The molecule has 1 aromatic carbocycles. The summed E-state index contributed by atoms with van der Waals surface area (Å²) in [6.45, 7) is 4.64. The molecule has 0 aliphatic rings. The highest BCUT2D eigenvalue weighted by molar-refractivity contribution is 5.37. The van der Waals surface area contributed by atoms with Crippen molar-refractivity contribution < 1.29 is 9.84 Å². The van der Waals surface area contributed by atoms with Gasteiger partial charge in [-0.05, 0) is 11.5 Å². The summed E-state index contributed by atoms with van der Waals surface area (Å²) < 4.78 is 5.77. The van der Waals surface area contributed by atoms with Crippen LogP contribution in [0, 0.1) is 0 Å². The summed E-state index contributed by atoms with van der Waals surface area (Å²) in [4.78, 5) is 3.89. The van der Waals surface area contributed by atoms with Crippen LogP contribution in [0.5, 0.6) is 11.6 Å². The van der Waals surface area contributed by atoms with E-state index in [2.05, 4.69) is 18.8 Å². The average Bonchev–Trinajstić information content (AvgIpc) is 2.37. The first-order chi connectivity index (χ1) is 8.66. The third-order valence-corrected chi connectivity index (χ3v) is 2.74. The Bertz CT molecular complexity index is 509. The van der Waals surface area contributed by atoms with E-state index in [4.69, 9.17) is 4.74 Å². The molecule has 0 amide bonds. The Kier molecular flexibility index (Phi) is 3.82. The number of hydrogen-bond acceptors (Lipinski definition) is 3. The normalized spacial score (nSPS) is 10.6. The minimum atomic E-state index is -0.0116. The van der Waals surface area contributed by atoms with Gasteiger partial charge in [-0.1, -0.05) is 44.2 Å². The van der Waals surface area contributed by atoms with E-state index in [1.54, 1.807) is 12.3 Å². The lowest BCUT2D eigenvalue weighted by Gasteiger charge is -2.13. The summed E-state index contributed by atoms with van der Waals surface area (Å²) in [7, 11) is 0. The fourth-order valence-corrected chi connectivity index (χ4v) is 1.73. The topological polar surface area (TPSA) is 42.4 Å². The maximum Gasteiger partial charge on any atom is 0.214 e. The van der Waals surface area contributed by atoms with Crippen molar-refractivity contribution in [1.29, 1.82) is 0 Å². The van der Waals surface area contributed by atoms with Crippen molar-refractivity contribution in [3.05, 3.63) is 53.7 Å². The molecule has 0 aliphatic carbocycles. The first-order valence-electron chi connectivity index (χ1n) is 6.02. The Balaban J connectivity index is 2.15. The van der Waals surface area contributed by atoms with Crippen LogP contribution in [0.4, 0.5) is 0 Å². The number of nitrogens with zero attached hydrogens (tertiary/aromatic N) is 1. The Hall–Kier alpha value is -2.03. The van der Waals surface area contributed by atoms with Gasteiger partial charge in [0.25, 0.3) is 0 Å². The van der Waals surface area contributed by atoms with Gasteiger partial charge in [-0.15, -0.1) is 0 Å². The number of rotatable bonds is 4.